The van der Waals surface area contributed by atoms with Crippen LogP contribution in [-0.2, 0) is 16.2 Å². The molecule has 1 nitrogen and oxygen atoms in total. The zero-order valence-electron chi connectivity index (χ0n) is 37.3. The highest BCUT2D eigenvalue weighted by Gasteiger charge is 2.38. The molecule has 10 aromatic rings. The molecule has 13 rings (SSSR count). The van der Waals surface area contributed by atoms with E-state index in [4.69, 9.17) is 0 Å². The van der Waals surface area contributed by atoms with Crippen molar-refractivity contribution in [1.82, 2.24) is 4.57 Å². The molecule has 0 fully saturated rings. The van der Waals surface area contributed by atoms with E-state index in [1.807, 2.05) is 0 Å². The SMILES string of the molecule is CC1(C)c2ccccc2-c2ccc(-c3cc(-c4ccc5c(c4)C(C)(C)c4ccccc4-5)c4c(c3)c3ccc(-c5ccc6c(c5)C(C)(C)c5ccccc5-6)cc3n4-c3ccccc3)cc21. The first-order valence-electron chi connectivity index (χ1n) is 22.9. The van der Waals surface area contributed by atoms with Gasteiger partial charge >= 0.3 is 0 Å². The third-order valence-electron chi connectivity index (χ3n) is 15.6. The second-order valence-electron chi connectivity index (χ2n) is 20.1. The highest BCUT2D eigenvalue weighted by Crippen LogP contribution is 2.54. The number of aromatic nitrogens is 1. The standard InChI is InChI=1S/C63H49N/c1-61(2)53-21-13-10-18-44(53)47-28-24-38(34-56(47)61)40-26-31-50-52-33-42(39-25-29-48-45-19-11-14-22-54(45)62(3,4)57(48)35-39)32-51(60(52)64(59(50)37-40)43-16-8-7-9-17-43)41-27-30-49-46-20-12-15-23-55(46)63(5,6)58(49)36-41/h7-37H,1-6H3. The molecule has 0 spiro atoms. The summed E-state index contributed by atoms with van der Waals surface area (Å²) < 4.78 is 2.54. The Bertz CT molecular complexity index is 3630. The second kappa shape index (κ2) is 12.9. The van der Waals surface area contributed by atoms with Crippen molar-refractivity contribution >= 4 is 21.8 Å². The van der Waals surface area contributed by atoms with E-state index >= 15 is 0 Å². The van der Waals surface area contributed by atoms with Gasteiger partial charge in [-0.15, -0.1) is 0 Å². The first-order chi connectivity index (χ1) is 31.0. The van der Waals surface area contributed by atoms with Gasteiger partial charge in [0.05, 0.1) is 11.0 Å². The van der Waals surface area contributed by atoms with Crippen LogP contribution in [0.4, 0.5) is 0 Å². The van der Waals surface area contributed by atoms with Gasteiger partial charge in [0.15, 0.2) is 0 Å². The molecule has 0 saturated carbocycles. The van der Waals surface area contributed by atoms with Crippen LogP contribution in [-0.4, -0.2) is 4.57 Å². The van der Waals surface area contributed by atoms with Crippen molar-refractivity contribution in [2.45, 2.75) is 57.8 Å². The Hall–Kier alpha value is -7.22. The minimum Gasteiger partial charge on any atom is -0.309 e. The van der Waals surface area contributed by atoms with Crippen LogP contribution in [0, 0.1) is 0 Å². The molecule has 1 aromatic heterocycles. The van der Waals surface area contributed by atoms with E-state index in [2.05, 4.69) is 234 Å². The maximum atomic E-state index is 2.54. The summed E-state index contributed by atoms with van der Waals surface area (Å²) in [5, 5.41) is 2.51. The highest BCUT2D eigenvalue weighted by molar-refractivity contribution is 6.16. The van der Waals surface area contributed by atoms with E-state index in [1.54, 1.807) is 0 Å². The lowest BCUT2D eigenvalue weighted by Gasteiger charge is -2.23. The van der Waals surface area contributed by atoms with E-state index in [9.17, 15) is 0 Å². The van der Waals surface area contributed by atoms with Gasteiger partial charge in [-0.1, -0.05) is 181 Å². The summed E-state index contributed by atoms with van der Waals surface area (Å²) in [6.07, 6.45) is 0. The van der Waals surface area contributed by atoms with Crippen LogP contribution in [0.1, 0.15) is 74.9 Å². The van der Waals surface area contributed by atoms with Gasteiger partial charge < -0.3 is 4.57 Å². The Balaban J connectivity index is 1.08. The summed E-state index contributed by atoms with van der Waals surface area (Å²) in [7, 11) is 0. The topological polar surface area (TPSA) is 4.93 Å². The van der Waals surface area contributed by atoms with Gasteiger partial charge in [-0.3, -0.25) is 0 Å². The molecule has 0 amide bonds. The molecule has 0 radical (unpaired) electrons. The summed E-state index contributed by atoms with van der Waals surface area (Å²) in [5.74, 6) is 0. The zero-order chi connectivity index (χ0) is 43.3. The fourth-order valence-corrected chi connectivity index (χ4v) is 12.2. The average molecular weight is 820 g/mol. The molecular weight excluding hydrogens is 771 g/mol. The van der Waals surface area contributed by atoms with Gasteiger partial charge in [0.1, 0.15) is 0 Å². The smallest absolute Gasteiger partial charge is 0.0619 e. The van der Waals surface area contributed by atoms with E-state index in [-0.39, 0.29) is 16.2 Å². The molecule has 0 N–H and O–H groups in total. The van der Waals surface area contributed by atoms with Gasteiger partial charge in [-0.25, -0.2) is 0 Å². The van der Waals surface area contributed by atoms with Crippen molar-refractivity contribution in [3.8, 4) is 72.4 Å². The summed E-state index contributed by atoms with van der Waals surface area (Å²) in [4.78, 5) is 0. The van der Waals surface area contributed by atoms with Crippen molar-refractivity contribution in [3.63, 3.8) is 0 Å². The first kappa shape index (κ1) is 37.3. The highest BCUT2D eigenvalue weighted by atomic mass is 15.0. The molecule has 64 heavy (non-hydrogen) atoms. The Morgan fingerprint density at radius 2 is 0.688 bits per heavy atom. The second-order valence-corrected chi connectivity index (χ2v) is 20.1. The number of para-hydroxylation sites is 1. The van der Waals surface area contributed by atoms with E-state index in [0.29, 0.717) is 0 Å². The Labute approximate surface area is 376 Å². The van der Waals surface area contributed by atoms with Crippen molar-refractivity contribution in [2.75, 3.05) is 0 Å². The summed E-state index contributed by atoms with van der Waals surface area (Å²) in [5.41, 5.74) is 27.2. The predicted molar refractivity (Wildman–Crippen MR) is 270 cm³/mol. The molecule has 0 atom stereocenters. The average Bonchev–Trinajstić information content (AvgIpc) is 3.94. The lowest BCUT2D eigenvalue weighted by Crippen LogP contribution is -2.15. The Morgan fingerprint density at radius 1 is 0.281 bits per heavy atom. The maximum Gasteiger partial charge on any atom is 0.0619 e. The molecule has 3 aliphatic rings. The van der Waals surface area contributed by atoms with Crippen LogP contribution in [0.2, 0.25) is 0 Å². The van der Waals surface area contributed by atoms with Crippen LogP contribution < -0.4 is 0 Å². The maximum absolute atomic E-state index is 2.54. The summed E-state index contributed by atoms with van der Waals surface area (Å²) >= 11 is 0. The quantitative estimate of drug-likeness (QED) is 0.167. The molecule has 1 heteroatoms. The minimum absolute atomic E-state index is 0.0718. The van der Waals surface area contributed by atoms with Crippen LogP contribution in [0.25, 0.3) is 94.3 Å². The number of nitrogens with zero attached hydrogens (tertiary/aromatic N) is 1. The molecule has 0 aliphatic heterocycles. The third kappa shape index (κ3) is 5.01. The van der Waals surface area contributed by atoms with Gasteiger partial charge in [0, 0.05) is 38.3 Å². The number of rotatable bonds is 4. The Morgan fingerprint density at radius 3 is 1.22 bits per heavy atom. The van der Waals surface area contributed by atoms with Crippen molar-refractivity contribution in [2.24, 2.45) is 0 Å². The Kier molecular flexibility index (Phi) is 7.54. The largest absolute Gasteiger partial charge is 0.309 e. The first-order valence-corrected chi connectivity index (χ1v) is 22.9. The molecule has 0 saturated heterocycles. The van der Waals surface area contributed by atoms with Gasteiger partial charge in [-0.05, 0) is 143 Å². The predicted octanol–water partition coefficient (Wildman–Crippen LogP) is 16.7. The molecule has 9 aromatic carbocycles. The fourth-order valence-electron chi connectivity index (χ4n) is 12.2. The molecule has 0 unspecified atom stereocenters. The lowest BCUT2D eigenvalue weighted by atomic mass is 9.81. The summed E-state index contributed by atoms with van der Waals surface area (Å²) in [6.45, 7) is 14.3. The lowest BCUT2D eigenvalue weighted by molar-refractivity contribution is 0.660. The van der Waals surface area contributed by atoms with Crippen LogP contribution in [0.15, 0.2) is 188 Å². The van der Waals surface area contributed by atoms with E-state index in [0.717, 1.165) is 5.69 Å². The van der Waals surface area contributed by atoms with Crippen LogP contribution in [0.5, 0.6) is 0 Å². The number of fused-ring (bicyclic) bond motifs is 12. The third-order valence-corrected chi connectivity index (χ3v) is 15.6. The number of hydrogen-bond donors (Lipinski definition) is 0. The van der Waals surface area contributed by atoms with E-state index in [1.165, 1.54) is 122 Å². The van der Waals surface area contributed by atoms with Crippen molar-refractivity contribution in [1.29, 1.82) is 0 Å². The molecular formula is C63H49N. The molecule has 3 aliphatic carbocycles. The fraction of sp³-hybridized carbons (Fsp3) is 0.143. The molecule has 306 valence electrons. The van der Waals surface area contributed by atoms with Crippen molar-refractivity contribution < 1.29 is 0 Å². The number of hydrogen-bond acceptors (Lipinski definition) is 0. The van der Waals surface area contributed by atoms with Crippen molar-refractivity contribution in [3.05, 3.63) is 221 Å². The number of benzene rings is 9. The molecule has 0 bridgehead atoms. The normalized spacial score (nSPS) is 15.4. The minimum atomic E-state index is -0.119. The zero-order valence-corrected chi connectivity index (χ0v) is 37.3. The van der Waals surface area contributed by atoms with Gasteiger partial charge in [0.2, 0.25) is 0 Å². The van der Waals surface area contributed by atoms with Gasteiger partial charge in [-0.2, -0.15) is 0 Å². The van der Waals surface area contributed by atoms with Crippen LogP contribution in [0.3, 0.4) is 0 Å². The van der Waals surface area contributed by atoms with Gasteiger partial charge in [0.25, 0.3) is 0 Å². The van der Waals surface area contributed by atoms with Crippen LogP contribution >= 0.6 is 0 Å². The summed E-state index contributed by atoms with van der Waals surface area (Å²) in [6, 6.07) is 71.6. The monoisotopic (exact) mass is 819 g/mol. The van der Waals surface area contributed by atoms with E-state index < -0.39 is 0 Å². The molecule has 1 heterocycles.